The predicted octanol–water partition coefficient (Wildman–Crippen LogP) is 3.88. The topological polar surface area (TPSA) is 29.9 Å². The lowest BCUT2D eigenvalue weighted by atomic mass is 10.0. The highest BCUT2D eigenvalue weighted by atomic mass is 32.2. The Morgan fingerprint density at radius 2 is 2.14 bits per heavy atom. The first kappa shape index (κ1) is 16.9. The molecule has 1 fully saturated rings. The van der Waals surface area contributed by atoms with Gasteiger partial charge in [0.05, 0.1) is 0 Å². The molecular formula is C17H31N3S. The van der Waals surface area contributed by atoms with Crippen molar-refractivity contribution in [1.82, 2.24) is 14.9 Å². The lowest BCUT2D eigenvalue weighted by Gasteiger charge is -2.24. The normalized spacial score (nSPS) is 18.0. The van der Waals surface area contributed by atoms with Crippen LogP contribution in [0.5, 0.6) is 0 Å². The summed E-state index contributed by atoms with van der Waals surface area (Å²) in [5, 5.41) is 4.62. The Bertz CT molecular complexity index is 385. The molecular weight excluding hydrogens is 278 g/mol. The number of aromatic nitrogens is 2. The zero-order valence-electron chi connectivity index (χ0n) is 13.7. The van der Waals surface area contributed by atoms with Crippen LogP contribution in [-0.4, -0.2) is 33.1 Å². The minimum absolute atomic E-state index is 0.560. The number of nitrogens with one attached hydrogen (secondary N) is 1. The fourth-order valence-electron chi connectivity index (χ4n) is 3.06. The predicted molar refractivity (Wildman–Crippen MR) is 93.0 cm³/mol. The van der Waals surface area contributed by atoms with E-state index in [1.54, 1.807) is 0 Å². The van der Waals surface area contributed by atoms with E-state index < -0.39 is 0 Å². The molecule has 1 aliphatic carbocycles. The van der Waals surface area contributed by atoms with Gasteiger partial charge >= 0.3 is 0 Å². The molecule has 1 N–H and O–H groups in total. The molecule has 4 heteroatoms. The summed E-state index contributed by atoms with van der Waals surface area (Å²) in [6.45, 7) is 6.57. The van der Waals surface area contributed by atoms with Crippen LogP contribution in [-0.2, 0) is 13.0 Å². The van der Waals surface area contributed by atoms with Crippen LogP contribution in [0.25, 0.3) is 0 Å². The Morgan fingerprint density at radius 1 is 1.33 bits per heavy atom. The third kappa shape index (κ3) is 5.67. The number of rotatable bonds is 9. The lowest BCUT2D eigenvalue weighted by molar-refractivity contribution is 0.507. The summed E-state index contributed by atoms with van der Waals surface area (Å²) < 4.78 is 2.27. The van der Waals surface area contributed by atoms with Crippen LogP contribution >= 0.6 is 11.8 Å². The Balaban J connectivity index is 1.84. The minimum atomic E-state index is 0.560. The van der Waals surface area contributed by atoms with Crippen LogP contribution in [0.3, 0.4) is 0 Å². The van der Waals surface area contributed by atoms with E-state index in [1.165, 1.54) is 50.1 Å². The van der Waals surface area contributed by atoms with Gasteiger partial charge in [0, 0.05) is 42.4 Å². The molecule has 1 heterocycles. The molecule has 0 saturated heterocycles. The monoisotopic (exact) mass is 309 g/mol. The van der Waals surface area contributed by atoms with Crippen molar-refractivity contribution in [3.05, 3.63) is 18.2 Å². The van der Waals surface area contributed by atoms with Crippen molar-refractivity contribution in [3.8, 4) is 0 Å². The summed E-state index contributed by atoms with van der Waals surface area (Å²) in [4.78, 5) is 4.54. The minimum Gasteiger partial charge on any atom is -0.335 e. The average Bonchev–Trinajstić information content (AvgIpc) is 2.98. The molecule has 120 valence electrons. The van der Waals surface area contributed by atoms with Crippen LogP contribution in [0.4, 0.5) is 0 Å². The maximum atomic E-state index is 4.54. The van der Waals surface area contributed by atoms with Gasteiger partial charge < -0.3 is 9.88 Å². The fourth-order valence-corrected chi connectivity index (χ4v) is 4.47. The zero-order valence-corrected chi connectivity index (χ0v) is 14.5. The molecule has 1 atom stereocenters. The number of aryl methyl sites for hydroxylation is 1. The Labute approximate surface area is 134 Å². The second kappa shape index (κ2) is 9.52. The largest absolute Gasteiger partial charge is 0.335 e. The van der Waals surface area contributed by atoms with Crippen molar-refractivity contribution in [1.29, 1.82) is 0 Å². The Hall–Kier alpha value is -0.480. The van der Waals surface area contributed by atoms with Crippen molar-refractivity contribution in [2.75, 3.05) is 12.3 Å². The van der Waals surface area contributed by atoms with Gasteiger partial charge in [0.1, 0.15) is 5.82 Å². The lowest BCUT2D eigenvalue weighted by Crippen LogP contribution is -2.35. The van der Waals surface area contributed by atoms with Gasteiger partial charge in [-0.15, -0.1) is 0 Å². The Morgan fingerprint density at radius 3 is 2.86 bits per heavy atom. The van der Waals surface area contributed by atoms with Crippen molar-refractivity contribution in [3.63, 3.8) is 0 Å². The Kier molecular flexibility index (Phi) is 7.65. The third-order valence-corrected chi connectivity index (χ3v) is 5.88. The number of hydrogen-bond donors (Lipinski definition) is 1. The van der Waals surface area contributed by atoms with E-state index in [2.05, 4.69) is 46.7 Å². The molecule has 3 nitrogen and oxygen atoms in total. The maximum Gasteiger partial charge on any atom is 0.110 e. The molecule has 21 heavy (non-hydrogen) atoms. The summed E-state index contributed by atoms with van der Waals surface area (Å²) >= 11 is 2.19. The third-order valence-electron chi connectivity index (χ3n) is 4.34. The van der Waals surface area contributed by atoms with Crippen molar-refractivity contribution < 1.29 is 0 Å². The quantitative estimate of drug-likeness (QED) is 0.751. The summed E-state index contributed by atoms with van der Waals surface area (Å²) in [6, 6.07) is 0.560. The number of imidazole rings is 1. The molecule has 1 saturated carbocycles. The molecule has 1 aromatic rings. The van der Waals surface area contributed by atoms with E-state index in [1.807, 2.05) is 6.20 Å². The molecule has 0 radical (unpaired) electrons. The highest BCUT2D eigenvalue weighted by Gasteiger charge is 2.18. The first-order chi connectivity index (χ1) is 10.3. The maximum absolute atomic E-state index is 4.54. The highest BCUT2D eigenvalue weighted by molar-refractivity contribution is 7.99. The smallest absolute Gasteiger partial charge is 0.110 e. The first-order valence-corrected chi connectivity index (χ1v) is 9.73. The molecule has 0 spiro atoms. The number of nitrogens with zero attached hydrogens (tertiary/aromatic N) is 2. The van der Waals surface area contributed by atoms with Gasteiger partial charge in [0.15, 0.2) is 0 Å². The van der Waals surface area contributed by atoms with Crippen LogP contribution in [0.15, 0.2) is 12.4 Å². The van der Waals surface area contributed by atoms with Gasteiger partial charge in [-0.2, -0.15) is 11.8 Å². The molecule has 2 rings (SSSR count). The highest BCUT2D eigenvalue weighted by Crippen LogP contribution is 2.28. The molecule has 0 bridgehead atoms. The zero-order chi connectivity index (χ0) is 14.9. The number of thioether (sulfide) groups is 1. The van der Waals surface area contributed by atoms with E-state index in [4.69, 9.17) is 0 Å². The van der Waals surface area contributed by atoms with Gasteiger partial charge in [-0.05, 0) is 32.7 Å². The standard InChI is InChI=1S/C17H31N3S/c1-3-10-18-15(13-17-19-11-12-20(17)4-2)14-21-16-8-6-5-7-9-16/h11-12,15-16,18H,3-10,13-14H2,1-2H3. The molecule has 0 amide bonds. The van der Waals surface area contributed by atoms with Gasteiger partial charge in [-0.25, -0.2) is 4.98 Å². The van der Waals surface area contributed by atoms with Gasteiger partial charge in [-0.3, -0.25) is 0 Å². The second-order valence-electron chi connectivity index (χ2n) is 6.08. The van der Waals surface area contributed by atoms with Crippen LogP contribution in [0.2, 0.25) is 0 Å². The summed E-state index contributed by atoms with van der Waals surface area (Å²) in [5.41, 5.74) is 0. The van der Waals surface area contributed by atoms with Crippen molar-refractivity contribution in [2.24, 2.45) is 0 Å². The van der Waals surface area contributed by atoms with Gasteiger partial charge in [-0.1, -0.05) is 26.2 Å². The van der Waals surface area contributed by atoms with Gasteiger partial charge in [0.25, 0.3) is 0 Å². The SMILES string of the molecule is CCCNC(CSC1CCCCC1)Cc1nccn1CC. The van der Waals surface area contributed by atoms with Crippen molar-refractivity contribution >= 4 is 11.8 Å². The van der Waals surface area contributed by atoms with Crippen LogP contribution in [0, 0.1) is 0 Å². The molecule has 1 unspecified atom stereocenters. The van der Waals surface area contributed by atoms with E-state index in [0.29, 0.717) is 6.04 Å². The fraction of sp³-hybridized carbons (Fsp3) is 0.824. The molecule has 1 aliphatic rings. The van der Waals surface area contributed by atoms with E-state index in [-0.39, 0.29) is 0 Å². The van der Waals surface area contributed by atoms with Gasteiger partial charge in [0.2, 0.25) is 0 Å². The summed E-state index contributed by atoms with van der Waals surface area (Å²) in [6.07, 6.45) is 13.5. The summed E-state index contributed by atoms with van der Waals surface area (Å²) in [5.74, 6) is 2.46. The molecule has 1 aromatic heterocycles. The average molecular weight is 310 g/mol. The van der Waals surface area contributed by atoms with E-state index in [0.717, 1.165) is 24.8 Å². The van der Waals surface area contributed by atoms with Crippen LogP contribution in [0.1, 0.15) is 58.2 Å². The first-order valence-electron chi connectivity index (χ1n) is 8.68. The summed E-state index contributed by atoms with van der Waals surface area (Å²) in [7, 11) is 0. The van der Waals surface area contributed by atoms with E-state index in [9.17, 15) is 0 Å². The molecule has 0 aliphatic heterocycles. The van der Waals surface area contributed by atoms with Crippen molar-refractivity contribution in [2.45, 2.75) is 76.6 Å². The second-order valence-corrected chi connectivity index (χ2v) is 7.41. The van der Waals surface area contributed by atoms with E-state index >= 15 is 0 Å². The molecule has 0 aromatic carbocycles. The van der Waals surface area contributed by atoms with Crippen LogP contribution < -0.4 is 5.32 Å². The number of hydrogen-bond acceptors (Lipinski definition) is 3.